The Labute approximate surface area is 487 Å². The second-order valence-electron chi connectivity index (χ2n) is 27.4. The highest BCUT2D eigenvalue weighted by molar-refractivity contribution is 6.89. The van der Waals surface area contributed by atoms with Crippen LogP contribution in [0.4, 0.5) is 34.1 Å². The minimum absolute atomic E-state index is 0.00312. The highest BCUT2D eigenvalue weighted by atomic mass is 28.3. The van der Waals surface area contributed by atoms with Crippen molar-refractivity contribution < 1.29 is 0 Å². The van der Waals surface area contributed by atoms with Crippen LogP contribution in [0.3, 0.4) is 0 Å². The quantitative estimate of drug-likeness (QED) is 0.141. The van der Waals surface area contributed by atoms with Crippen molar-refractivity contribution in [1.29, 1.82) is 0 Å². The number of fused-ring (bicyclic) bond motifs is 16. The summed E-state index contributed by atoms with van der Waals surface area (Å²) in [5.74, 6) is 0. The lowest BCUT2D eigenvalue weighted by atomic mass is 9.65. The van der Waals surface area contributed by atoms with Crippen LogP contribution in [0.1, 0.15) is 74.9 Å². The van der Waals surface area contributed by atoms with Crippen molar-refractivity contribution in [3.05, 3.63) is 258 Å². The van der Waals surface area contributed by atoms with Gasteiger partial charge in [0.25, 0.3) is 0 Å². The van der Waals surface area contributed by atoms with Crippen LogP contribution in [0.5, 0.6) is 0 Å². The monoisotopic (exact) mass is 1100 g/mol. The summed E-state index contributed by atoms with van der Waals surface area (Å²) in [5, 5.41) is 10.3. The Kier molecular flexibility index (Phi) is 11.6. The summed E-state index contributed by atoms with van der Waals surface area (Å²) in [6.07, 6.45) is 0. The number of nitrogens with zero attached hydrogens (tertiary/aromatic N) is 3. The highest BCUT2D eigenvalue weighted by Gasteiger charge is 2.53. The molecule has 0 fully saturated rings. The largest absolute Gasteiger partial charge is 0.310 e. The Balaban J connectivity index is 1.15. The summed E-state index contributed by atoms with van der Waals surface area (Å²) in [6, 6.07) is 87.3. The molecule has 1 spiro atoms. The molecule has 0 radical (unpaired) electrons. The molecule has 2 heterocycles. The summed E-state index contributed by atoms with van der Waals surface area (Å²) >= 11 is 0. The van der Waals surface area contributed by atoms with E-state index in [1.807, 2.05) is 0 Å². The molecule has 1 aromatic heterocycles. The van der Waals surface area contributed by atoms with Crippen molar-refractivity contribution in [2.75, 3.05) is 9.80 Å². The minimum Gasteiger partial charge on any atom is -0.310 e. The maximum atomic E-state index is 2.63. The topological polar surface area (TPSA) is 11.4 Å². The average Bonchev–Trinajstić information content (AvgIpc) is 2.53. The molecule has 12 aromatic rings. The van der Waals surface area contributed by atoms with Crippen molar-refractivity contribution in [3.8, 4) is 16.8 Å². The first-order valence-corrected chi connectivity index (χ1v) is 36.5. The van der Waals surface area contributed by atoms with Gasteiger partial charge in [0, 0.05) is 44.3 Å². The van der Waals surface area contributed by atoms with Gasteiger partial charge in [0.1, 0.15) is 0 Å². The zero-order valence-electron chi connectivity index (χ0n) is 49.7. The van der Waals surface area contributed by atoms with Gasteiger partial charge in [0.2, 0.25) is 0 Å². The van der Waals surface area contributed by atoms with Crippen LogP contribution in [0.25, 0.3) is 60.2 Å². The number of para-hydroxylation sites is 3. The molecule has 1 aliphatic carbocycles. The van der Waals surface area contributed by atoms with E-state index in [9.17, 15) is 0 Å². The standard InChI is InChI=1S/C77H73N3Si2/c1-75(2,3)50-32-36-52(37-33-50)78(54-40-44-56(45-41-54)81(7,8)9)70-48-66-72(61-25-15-13-22-58(61)70)73-62-26-16-14-23-59(62)71(79(53-38-34-51(35-39-53)76(4,5)6)55-42-46-57(47-43-55)82(10,11)12)49-67(73)77(66)64-28-18-20-31-69(64)80-68-30-19-17-24-60(68)63-27-21-29-65(77)74(63)80/h13-49H,1-12H3. The van der Waals surface area contributed by atoms with Crippen molar-refractivity contribution in [2.45, 2.75) is 97.1 Å². The smallest absolute Gasteiger partial charge is 0.0775 e. The first-order valence-electron chi connectivity index (χ1n) is 29.5. The number of hydrogen-bond donors (Lipinski definition) is 0. The Bertz CT molecular complexity index is 4200. The Morgan fingerprint density at radius 2 is 0.707 bits per heavy atom. The number of aromatic nitrogens is 1. The average molecular weight is 1100 g/mol. The third-order valence-electron chi connectivity index (χ3n) is 18.2. The van der Waals surface area contributed by atoms with E-state index in [0.29, 0.717) is 0 Å². The maximum absolute atomic E-state index is 2.63. The molecule has 0 saturated heterocycles. The fourth-order valence-electron chi connectivity index (χ4n) is 13.9. The van der Waals surface area contributed by atoms with E-state index in [1.54, 1.807) is 0 Å². The van der Waals surface area contributed by atoms with Crippen LogP contribution in [0.2, 0.25) is 39.3 Å². The third kappa shape index (κ3) is 7.87. The Hall–Kier alpha value is -8.23. The second kappa shape index (κ2) is 18.4. The molecule has 0 N–H and O–H groups in total. The van der Waals surface area contributed by atoms with Crippen molar-refractivity contribution in [1.82, 2.24) is 4.57 Å². The third-order valence-corrected chi connectivity index (χ3v) is 22.3. The first kappa shape index (κ1) is 51.9. The van der Waals surface area contributed by atoms with E-state index in [1.165, 1.54) is 104 Å². The van der Waals surface area contributed by atoms with Crippen molar-refractivity contribution in [3.63, 3.8) is 0 Å². The van der Waals surface area contributed by atoms with Crippen LogP contribution >= 0.6 is 0 Å². The number of benzene rings is 11. The summed E-state index contributed by atoms with van der Waals surface area (Å²) in [7, 11) is -3.24. The lowest BCUT2D eigenvalue weighted by Crippen LogP contribution is -2.37. The second-order valence-corrected chi connectivity index (χ2v) is 37.6. The summed E-state index contributed by atoms with van der Waals surface area (Å²) in [6.45, 7) is 28.5. The lowest BCUT2D eigenvalue weighted by molar-refractivity contribution is 0.590. The first-order chi connectivity index (χ1) is 39.2. The lowest BCUT2D eigenvalue weighted by Gasteiger charge is -2.40. The molecule has 0 saturated carbocycles. The number of hydrogen-bond acceptors (Lipinski definition) is 2. The summed E-state index contributed by atoms with van der Waals surface area (Å²) in [4.78, 5) is 5.12. The molecule has 82 heavy (non-hydrogen) atoms. The molecule has 0 atom stereocenters. The van der Waals surface area contributed by atoms with Gasteiger partial charge in [-0.2, -0.15) is 0 Å². The number of rotatable bonds is 8. The summed E-state index contributed by atoms with van der Waals surface area (Å²) in [5.41, 5.74) is 20.2. The van der Waals surface area contributed by atoms with Crippen molar-refractivity contribution >= 4 is 104 Å². The van der Waals surface area contributed by atoms with Crippen LogP contribution < -0.4 is 20.2 Å². The molecular weight excluding hydrogens is 1020 g/mol. The zero-order valence-corrected chi connectivity index (χ0v) is 51.7. The van der Waals surface area contributed by atoms with E-state index in [4.69, 9.17) is 0 Å². The molecule has 0 unspecified atom stereocenters. The molecule has 0 amide bonds. The molecule has 5 heteroatoms. The Morgan fingerprint density at radius 1 is 0.341 bits per heavy atom. The van der Waals surface area contributed by atoms with Crippen LogP contribution in [0.15, 0.2) is 224 Å². The predicted octanol–water partition coefficient (Wildman–Crippen LogP) is 20.4. The van der Waals surface area contributed by atoms with Crippen molar-refractivity contribution in [2.24, 2.45) is 0 Å². The van der Waals surface area contributed by atoms with E-state index < -0.39 is 21.6 Å². The van der Waals surface area contributed by atoms with E-state index >= 15 is 0 Å². The fraction of sp³-hybridized carbons (Fsp3) is 0.195. The van der Waals surface area contributed by atoms with Gasteiger partial charge >= 0.3 is 0 Å². The van der Waals surface area contributed by atoms with Gasteiger partial charge in [-0.25, -0.2) is 0 Å². The van der Waals surface area contributed by atoms with Crippen LogP contribution in [0, 0.1) is 0 Å². The molecule has 2 aliphatic rings. The van der Waals surface area contributed by atoms with Crippen LogP contribution in [-0.4, -0.2) is 20.7 Å². The molecule has 1 aliphatic heterocycles. The van der Waals surface area contributed by atoms with Gasteiger partial charge in [0.05, 0.1) is 49.7 Å². The van der Waals surface area contributed by atoms with Gasteiger partial charge in [-0.05, 0) is 139 Å². The van der Waals surface area contributed by atoms with Gasteiger partial charge in [-0.3, -0.25) is 0 Å². The minimum atomic E-state index is -1.62. The maximum Gasteiger partial charge on any atom is 0.0775 e. The van der Waals surface area contributed by atoms with E-state index in [2.05, 4.69) is 320 Å². The van der Waals surface area contributed by atoms with E-state index in [-0.39, 0.29) is 10.8 Å². The molecule has 11 aromatic carbocycles. The fourth-order valence-corrected chi connectivity index (χ4v) is 16.3. The molecule has 404 valence electrons. The molecule has 3 nitrogen and oxygen atoms in total. The Morgan fingerprint density at radius 3 is 1.15 bits per heavy atom. The van der Waals surface area contributed by atoms with Gasteiger partial charge in [-0.1, -0.05) is 243 Å². The summed E-state index contributed by atoms with van der Waals surface area (Å²) < 4.78 is 2.58. The van der Waals surface area contributed by atoms with Gasteiger partial charge in [-0.15, -0.1) is 0 Å². The van der Waals surface area contributed by atoms with Gasteiger partial charge < -0.3 is 14.4 Å². The van der Waals surface area contributed by atoms with E-state index in [0.717, 1.165) is 34.1 Å². The number of anilines is 6. The predicted molar refractivity (Wildman–Crippen MR) is 359 cm³/mol. The van der Waals surface area contributed by atoms with Crippen LogP contribution in [-0.2, 0) is 16.2 Å². The molecule has 0 bridgehead atoms. The SMILES string of the molecule is CC(C)(C)c1ccc(N(c2ccc([Si](C)(C)C)cc2)c2cc3c(c4ccccc24)-c2c(cc(N(c4ccc(C(C)(C)C)cc4)c4ccc([Si](C)(C)C)cc4)c4ccccc24)C32c3ccccc3-n3c4ccccc4c4cccc2c43)cc1. The zero-order chi connectivity index (χ0) is 56.8. The molecular formula is C77H73N3Si2. The normalized spacial score (nSPS) is 13.7. The molecule has 14 rings (SSSR count). The van der Waals surface area contributed by atoms with Gasteiger partial charge in [0.15, 0.2) is 0 Å². The highest BCUT2D eigenvalue weighted by Crippen LogP contribution is 2.66.